The Hall–Kier alpha value is -1.63. The molecule has 7 heteroatoms. The molecule has 142 valence electrons. The highest BCUT2D eigenvalue weighted by Crippen LogP contribution is 2.32. The van der Waals surface area contributed by atoms with Gasteiger partial charge in [-0.3, -0.25) is 9.59 Å². The van der Waals surface area contributed by atoms with Crippen molar-refractivity contribution in [2.45, 2.75) is 45.3 Å². The van der Waals surface area contributed by atoms with Crippen molar-refractivity contribution in [3.05, 3.63) is 28.8 Å². The second kappa shape index (κ2) is 7.18. The predicted molar refractivity (Wildman–Crippen MR) is 99.4 cm³/mol. The molecule has 6 nitrogen and oxygen atoms in total. The highest BCUT2D eigenvalue weighted by molar-refractivity contribution is 6.34. The first-order valence-electron chi connectivity index (χ1n) is 8.93. The number of amides is 2. The van der Waals surface area contributed by atoms with E-state index >= 15 is 0 Å². The number of hydrogen-bond acceptors (Lipinski definition) is 4. The number of aliphatic hydroxyl groups excluding tert-OH is 2. The zero-order chi connectivity index (χ0) is 19.1. The molecule has 1 aromatic rings. The van der Waals surface area contributed by atoms with Gasteiger partial charge in [-0.15, -0.1) is 0 Å². The largest absolute Gasteiger partial charge is 0.390 e. The maximum atomic E-state index is 13.1. The van der Waals surface area contributed by atoms with E-state index in [9.17, 15) is 19.8 Å². The molecule has 0 spiro atoms. The number of benzene rings is 1. The van der Waals surface area contributed by atoms with E-state index in [1.54, 1.807) is 23.1 Å². The molecule has 26 heavy (non-hydrogen) atoms. The SMILES string of the molecule is CC1(C)C[C@@H](O)[C@@H](O)CN(C(=O)c2cc(N3CCCC3=O)ccc2Cl)C1. The van der Waals surface area contributed by atoms with Crippen molar-refractivity contribution in [3.63, 3.8) is 0 Å². The molecule has 2 fully saturated rings. The van der Waals surface area contributed by atoms with Crippen LogP contribution in [0.4, 0.5) is 5.69 Å². The fraction of sp³-hybridized carbons (Fsp3) is 0.579. The van der Waals surface area contributed by atoms with E-state index in [0.717, 1.165) is 6.42 Å². The average molecular weight is 381 g/mol. The Labute approximate surface area is 158 Å². The third-order valence-corrected chi connectivity index (χ3v) is 5.41. The van der Waals surface area contributed by atoms with E-state index in [4.69, 9.17) is 11.6 Å². The van der Waals surface area contributed by atoms with Crippen LogP contribution in [-0.2, 0) is 4.79 Å². The third kappa shape index (κ3) is 3.87. The summed E-state index contributed by atoms with van der Waals surface area (Å²) in [6, 6.07) is 5.02. The second-order valence-corrected chi connectivity index (χ2v) is 8.41. The number of carbonyl (C=O) groups excluding carboxylic acids is 2. The minimum Gasteiger partial charge on any atom is -0.390 e. The van der Waals surface area contributed by atoms with Crippen molar-refractivity contribution < 1.29 is 19.8 Å². The van der Waals surface area contributed by atoms with Crippen LogP contribution in [0, 0.1) is 5.41 Å². The quantitative estimate of drug-likeness (QED) is 0.822. The maximum absolute atomic E-state index is 13.1. The molecule has 3 rings (SSSR count). The van der Waals surface area contributed by atoms with E-state index in [1.807, 2.05) is 13.8 Å². The number of likely N-dealkylation sites (tertiary alicyclic amines) is 1. The Morgan fingerprint density at radius 3 is 2.65 bits per heavy atom. The Morgan fingerprint density at radius 2 is 2.00 bits per heavy atom. The van der Waals surface area contributed by atoms with Gasteiger partial charge in [0.15, 0.2) is 0 Å². The number of carbonyl (C=O) groups is 2. The molecule has 2 heterocycles. The summed E-state index contributed by atoms with van der Waals surface area (Å²) in [5, 5.41) is 20.5. The number of anilines is 1. The van der Waals surface area contributed by atoms with Crippen molar-refractivity contribution in [2.75, 3.05) is 24.5 Å². The Balaban J connectivity index is 1.90. The highest BCUT2D eigenvalue weighted by Gasteiger charge is 2.36. The summed E-state index contributed by atoms with van der Waals surface area (Å²) in [7, 11) is 0. The van der Waals surface area contributed by atoms with Gasteiger partial charge in [0.05, 0.1) is 22.8 Å². The fourth-order valence-electron chi connectivity index (χ4n) is 3.79. The molecular weight excluding hydrogens is 356 g/mol. The van der Waals surface area contributed by atoms with Gasteiger partial charge in [-0.25, -0.2) is 0 Å². The zero-order valence-electron chi connectivity index (χ0n) is 15.1. The Morgan fingerprint density at radius 1 is 1.27 bits per heavy atom. The molecule has 0 aliphatic carbocycles. The van der Waals surface area contributed by atoms with Crippen LogP contribution in [0.25, 0.3) is 0 Å². The van der Waals surface area contributed by atoms with Gasteiger partial charge in [-0.2, -0.15) is 0 Å². The minimum atomic E-state index is -0.997. The van der Waals surface area contributed by atoms with Crippen LogP contribution in [0.3, 0.4) is 0 Å². The molecule has 0 unspecified atom stereocenters. The minimum absolute atomic E-state index is 0.0418. The summed E-state index contributed by atoms with van der Waals surface area (Å²) < 4.78 is 0. The normalized spacial score (nSPS) is 26.1. The van der Waals surface area contributed by atoms with Crippen molar-refractivity contribution in [2.24, 2.45) is 5.41 Å². The molecular formula is C19H25ClN2O4. The van der Waals surface area contributed by atoms with Crippen molar-refractivity contribution >= 4 is 29.1 Å². The average Bonchev–Trinajstić information content (AvgIpc) is 2.95. The van der Waals surface area contributed by atoms with Crippen LogP contribution in [0.1, 0.15) is 43.5 Å². The van der Waals surface area contributed by atoms with Gasteiger partial charge in [-0.1, -0.05) is 25.4 Å². The van der Waals surface area contributed by atoms with Gasteiger partial charge in [0.1, 0.15) is 0 Å². The topological polar surface area (TPSA) is 81.1 Å². The molecule has 2 aliphatic heterocycles. The zero-order valence-corrected chi connectivity index (χ0v) is 15.9. The van der Waals surface area contributed by atoms with Crippen molar-refractivity contribution in [1.29, 1.82) is 0 Å². The van der Waals surface area contributed by atoms with E-state index < -0.39 is 12.2 Å². The van der Waals surface area contributed by atoms with Crippen LogP contribution >= 0.6 is 11.6 Å². The lowest BCUT2D eigenvalue weighted by Gasteiger charge is -2.30. The smallest absolute Gasteiger partial charge is 0.255 e. The Kier molecular flexibility index (Phi) is 5.28. The molecule has 2 saturated heterocycles. The van der Waals surface area contributed by atoms with Gasteiger partial charge >= 0.3 is 0 Å². The van der Waals surface area contributed by atoms with Gasteiger partial charge < -0.3 is 20.0 Å². The highest BCUT2D eigenvalue weighted by atomic mass is 35.5. The summed E-state index contributed by atoms with van der Waals surface area (Å²) in [6.45, 7) is 5.00. The van der Waals surface area contributed by atoms with Crippen LogP contribution in [0.15, 0.2) is 18.2 Å². The molecule has 2 atom stereocenters. The summed E-state index contributed by atoms with van der Waals surface area (Å²) in [5.41, 5.74) is 0.639. The van der Waals surface area contributed by atoms with E-state index in [1.165, 1.54) is 4.90 Å². The number of aliphatic hydroxyl groups is 2. The molecule has 0 saturated carbocycles. The summed E-state index contributed by atoms with van der Waals surface area (Å²) in [5.74, 6) is -0.259. The Bertz CT molecular complexity index is 721. The predicted octanol–water partition coefficient (Wildman–Crippen LogP) is 2.06. The number of halogens is 1. The van der Waals surface area contributed by atoms with Gasteiger partial charge in [0, 0.05) is 31.7 Å². The molecule has 0 bridgehead atoms. The monoisotopic (exact) mass is 380 g/mol. The van der Waals surface area contributed by atoms with Crippen LogP contribution in [0.2, 0.25) is 5.02 Å². The molecule has 1 aromatic carbocycles. The molecule has 2 amide bonds. The van der Waals surface area contributed by atoms with Crippen LogP contribution in [0.5, 0.6) is 0 Å². The number of rotatable bonds is 2. The molecule has 0 aromatic heterocycles. The van der Waals surface area contributed by atoms with Crippen molar-refractivity contribution in [1.82, 2.24) is 4.90 Å². The number of hydrogen-bond donors (Lipinski definition) is 2. The second-order valence-electron chi connectivity index (χ2n) is 8.00. The van der Waals surface area contributed by atoms with Gasteiger partial charge in [0.25, 0.3) is 5.91 Å². The summed E-state index contributed by atoms with van der Waals surface area (Å²) >= 11 is 6.27. The van der Waals surface area contributed by atoms with Crippen molar-refractivity contribution in [3.8, 4) is 0 Å². The van der Waals surface area contributed by atoms with Crippen LogP contribution < -0.4 is 4.90 Å². The third-order valence-electron chi connectivity index (χ3n) is 5.08. The van der Waals surface area contributed by atoms with E-state index in [-0.39, 0.29) is 23.8 Å². The summed E-state index contributed by atoms with van der Waals surface area (Å²) in [4.78, 5) is 28.3. The maximum Gasteiger partial charge on any atom is 0.255 e. The first-order chi connectivity index (χ1) is 12.2. The first kappa shape index (κ1) is 19.1. The number of nitrogens with zero attached hydrogens (tertiary/aromatic N) is 2. The molecule has 2 aliphatic rings. The van der Waals surface area contributed by atoms with Crippen LogP contribution in [-0.4, -0.2) is 58.8 Å². The lowest BCUT2D eigenvalue weighted by molar-refractivity contribution is -0.117. The standard InChI is InChI=1S/C19H25ClN2O4/c1-19(2)9-15(23)16(24)10-21(11-19)18(26)13-8-12(5-6-14(13)20)22-7-3-4-17(22)25/h5-6,8,15-16,23-24H,3-4,7,9-11H2,1-2H3/t15-,16+/m1/s1. The first-order valence-corrected chi connectivity index (χ1v) is 9.31. The van der Waals surface area contributed by atoms with Gasteiger partial charge in [0.2, 0.25) is 5.91 Å². The van der Waals surface area contributed by atoms with E-state index in [0.29, 0.717) is 42.2 Å². The fourth-order valence-corrected chi connectivity index (χ4v) is 3.99. The summed E-state index contributed by atoms with van der Waals surface area (Å²) in [6.07, 6.45) is -0.144. The molecule has 0 radical (unpaired) electrons. The van der Waals surface area contributed by atoms with E-state index in [2.05, 4.69) is 0 Å². The number of β-amino-alcohol motifs (C(OH)–C–C–N with tert-alkyl or cyclic N) is 1. The van der Waals surface area contributed by atoms with Gasteiger partial charge in [-0.05, 0) is 36.5 Å². The lowest BCUT2D eigenvalue weighted by Crippen LogP contribution is -2.41. The molecule has 2 N–H and O–H groups in total. The lowest BCUT2D eigenvalue weighted by atomic mass is 9.86.